The third kappa shape index (κ3) is 2.11. The van der Waals surface area contributed by atoms with Gasteiger partial charge in [-0.2, -0.15) is 0 Å². The molecule has 0 radical (unpaired) electrons. The van der Waals surface area contributed by atoms with Crippen molar-refractivity contribution in [3.05, 3.63) is 28.4 Å². The third-order valence-electron chi connectivity index (χ3n) is 3.90. The van der Waals surface area contributed by atoms with E-state index in [0.29, 0.717) is 18.3 Å². The first kappa shape index (κ1) is 12.2. The summed E-state index contributed by atoms with van der Waals surface area (Å²) >= 11 is 0. The smallest absolute Gasteiger partial charge is 0.219 e. The Bertz CT molecular complexity index is 669. The SMILES string of the molecule is CC(=O)N1CC=C(c2c[nH]c3c2=CCCC=3F)CC1. The van der Waals surface area contributed by atoms with Gasteiger partial charge < -0.3 is 9.88 Å². The molecule has 0 bridgehead atoms. The lowest BCUT2D eigenvalue weighted by Gasteiger charge is -2.25. The van der Waals surface area contributed by atoms with Gasteiger partial charge in [-0.25, -0.2) is 4.39 Å². The van der Waals surface area contributed by atoms with E-state index >= 15 is 0 Å². The van der Waals surface area contributed by atoms with Crippen molar-refractivity contribution < 1.29 is 9.18 Å². The van der Waals surface area contributed by atoms with Crippen molar-refractivity contribution in [3.63, 3.8) is 0 Å². The van der Waals surface area contributed by atoms with Crippen LogP contribution in [0.5, 0.6) is 0 Å². The molecular weight excluding hydrogens is 243 g/mol. The summed E-state index contributed by atoms with van der Waals surface area (Å²) in [6.07, 6.45) is 8.15. The monoisotopic (exact) mass is 260 g/mol. The number of rotatable bonds is 1. The van der Waals surface area contributed by atoms with E-state index in [2.05, 4.69) is 17.1 Å². The summed E-state index contributed by atoms with van der Waals surface area (Å²) in [5.41, 5.74) is 2.30. The van der Waals surface area contributed by atoms with Crippen LogP contribution in [0.4, 0.5) is 4.39 Å². The zero-order valence-electron chi connectivity index (χ0n) is 11.0. The first-order valence-corrected chi connectivity index (χ1v) is 6.68. The van der Waals surface area contributed by atoms with E-state index in [1.165, 1.54) is 5.57 Å². The van der Waals surface area contributed by atoms with Crippen LogP contribution in [0.25, 0.3) is 17.5 Å². The maximum atomic E-state index is 13.7. The highest BCUT2D eigenvalue weighted by molar-refractivity contribution is 5.76. The zero-order chi connectivity index (χ0) is 13.4. The van der Waals surface area contributed by atoms with Crippen LogP contribution >= 0.6 is 0 Å². The Hall–Kier alpha value is -1.84. The number of carbonyl (C=O) groups excluding carboxylic acids is 1. The molecule has 3 nitrogen and oxygen atoms in total. The molecule has 0 fully saturated rings. The average molecular weight is 260 g/mol. The molecule has 1 aliphatic heterocycles. The number of nitrogens with one attached hydrogen (secondary N) is 1. The summed E-state index contributed by atoms with van der Waals surface area (Å²) < 4.78 is 13.7. The molecule has 0 saturated heterocycles. The first-order valence-electron chi connectivity index (χ1n) is 6.68. The van der Waals surface area contributed by atoms with Gasteiger partial charge in [0.05, 0.1) is 5.35 Å². The molecule has 0 saturated carbocycles. The van der Waals surface area contributed by atoms with Gasteiger partial charge in [-0.05, 0) is 18.4 Å². The first-order chi connectivity index (χ1) is 9.16. The molecule has 1 N–H and O–H groups in total. The molecule has 100 valence electrons. The van der Waals surface area contributed by atoms with Crippen molar-refractivity contribution in [3.8, 4) is 0 Å². The normalized spacial score (nSPS) is 18.7. The van der Waals surface area contributed by atoms with E-state index in [9.17, 15) is 9.18 Å². The van der Waals surface area contributed by atoms with E-state index in [0.717, 1.165) is 30.2 Å². The largest absolute Gasteiger partial charge is 0.358 e. The molecule has 0 atom stereocenters. The van der Waals surface area contributed by atoms with Crippen molar-refractivity contribution >= 4 is 23.4 Å². The minimum Gasteiger partial charge on any atom is -0.358 e. The van der Waals surface area contributed by atoms with Gasteiger partial charge in [0.1, 0.15) is 5.83 Å². The number of carbonyl (C=O) groups is 1. The molecule has 19 heavy (non-hydrogen) atoms. The fourth-order valence-corrected chi connectivity index (χ4v) is 2.80. The highest BCUT2D eigenvalue weighted by Gasteiger charge is 2.17. The van der Waals surface area contributed by atoms with Gasteiger partial charge >= 0.3 is 0 Å². The Kier molecular flexibility index (Phi) is 3.01. The summed E-state index contributed by atoms with van der Waals surface area (Å²) in [4.78, 5) is 16.2. The summed E-state index contributed by atoms with van der Waals surface area (Å²) in [7, 11) is 0. The van der Waals surface area contributed by atoms with Gasteiger partial charge in [0.25, 0.3) is 0 Å². The van der Waals surface area contributed by atoms with Crippen molar-refractivity contribution in [2.75, 3.05) is 13.1 Å². The van der Waals surface area contributed by atoms with Crippen LogP contribution in [0.2, 0.25) is 0 Å². The van der Waals surface area contributed by atoms with Crippen molar-refractivity contribution in [2.45, 2.75) is 26.2 Å². The molecule has 0 unspecified atom stereocenters. The zero-order valence-corrected chi connectivity index (χ0v) is 11.0. The van der Waals surface area contributed by atoms with Crippen LogP contribution < -0.4 is 10.6 Å². The molecular formula is C15H17FN2O. The van der Waals surface area contributed by atoms with Crippen LogP contribution in [0.3, 0.4) is 0 Å². The highest BCUT2D eigenvalue weighted by Crippen LogP contribution is 2.20. The van der Waals surface area contributed by atoms with Gasteiger partial charge in [0.15, 0.2) is 0 Å². The predicted molar refractivity (Wildman–Crippen MR) is 73.1 cm³/mol. The number of halogens is 1. The number of hydrogen-bond donors (Lipinski definition) is 1. The maximum Gasteiger partial charge on any atom is 0.219 e. The fraction of sp³-hybridized carbons (Fsp3) is 0.400. The van der Waals surface area contributed by atoms with Gasteiger partial charge in [-0.15, -0.1) is 0 Å². The van der Waals surface area contributed by atoms with Crippen LogP contribution in [-0.4, -0.2) is 28.9 Å². The van der Waals surface area contributed by atoms with E-state index < -0.39 is 0 Å². The summed E-state index contributed by atoms with van der Waals surface area (Å²) in [5, 5.41) is 1.63. The number of fused-ring (bicyclic) bond motifs is 1. The lowest BCUT2D eigenvalue weighted by atomic mass is 9.98. The van der Waals surface area contributed by atoms with Gasteiger partial charge in [0, 0.05) is 43.4 Å². The van der Waals surface area contributed by atoms with Crippen LogP contribution in [0.15, 0.2) is 12.3 Å². The molecule has 0 aromatic carbocycles. The Morgan fingerprint density at radius 2 is 2.21 bits per heavy atom. The minimum absolute atomic E-state index is 0.0504. The van der Waals surface area contributed by atoms with Gasteiger partial charge in [0.2, 0.25) is 5.91 Å². The maximum absolute atomic E-state index is 13.7. The second-order valence-corrected chi connectivity index (χ2v) is 5.08. The standard InChI is InChI=1S/C15H17FN2O/c1-10(19)18-7-5-11(6-8-18)13-9-17-15-12(13)3-2-4-14(15)16/h3,5,9,17H,2,4,6-8H2,1H3. The molecule has 1 aliphatic carbocycles. The molecule has 1 aromatic heterocycles. The lowest BCUT2D eigenvalue weighted by Crippen LogP contribution is -2.34. The molecule has 3 rings (SSSR count). The van der Waals surface area contributed by atoms with E-state index in [-0.39, 0.29) is 11.7 Å². The summed E-state index contributed by atoms with van der Waals surface area (Å²) in [6, 6.07) is 0. The number of nitrogens with zero attached hydrogens (tertiary/aromatic N) is 1. The molecule has 4 heteroatoms. The molecule has 2 aliphatic rings. The third-order valence-corrected chi connectivity index (χ3v) is 3.90. The quantitative estimate of drug-likeness (QED) is 0.812. The lowest BCUT2D eigenvalue weighted by molar-refractivity contribution is -0.128. The van der Waals surface area contributed by atoms with Crippen LogP contribution in [0.1, 0.15) is 31.7 Å². The Labute approximate surface area is 111 Å². The highest BCUT2D eigenvalue weighted by atomic mass is 19.1. The number of aromatic nitrogens is 1. The van der Waals surface area contributed by atoms with Gasteiger partial charge in [-0.1, -0.05) is 12.2 Å². The summed E-state index contributed by atoms with van der Waals surface area (Å²) in [5.74, 6) is 0.0582. The number of H-pyrrole nitrogens is 1. The Balaban J connectivity index is 1.98. The van der Waals surface area contributed by atoms with Crippen molar-refractivity contribution in [1.82, 2.24) is 9.88 Å². The Morgan fingerprint density at radius 1 is 1.37 bits per heavy atom. The molecule has 1 aromatic rings. The minimum atomic E-state index is -0.0504. The topological polar surface area (TPSA) is 36.1 Å². The number of amides is 1. The number of hydrogen-bond acceptors (Lipinski definition) is 1. The van der Waals surface area contributed by atoms with Crippen LogP contribution in [-0.2, 0) is 4.79 Å². The molecule has 2 heterocycles. The van der Waals surface area contributed by atoms with Crippen LogP contribution in [0, 0.1) is 0 Å². The van der Waals surface area contributed by atoms with E-state index in [1.54, 1.807) is 6.92 Å². The predicted octanol–water partition coefficient (Wildman–Crippen LogP) is 1.30. The second-order valence-electron chi connectivity index (χ2n) is 5.08. The molecule has 0 spiro atoms. The van der Waals surface area contributed by atoms with Crippen molar-refractivity contribution in [1.29, 1.82) is 0 Å². The number of aromatic amines is 1. The fourth-order valence-electron chi connectivity index (χ4n) is 2.80. The Morgan fingerprint density at radius 3 is 2.89 bits per heavy atom. The second kappa shape index (κ2) is 4.68. The molecule has 1 amide bonds. The average Bonchev–Trinajstić information content (AvgIpc) is 2.84. The van der Waals surface area contributed by atoms with Crippen molar-refractivity contribution in [2.24, 2.45) is 0 Å². The van der Waals surface area contributed by atoms with E-state index in [4.69, 9.17) is 0 Å². The summed E-state index contributed by atoms with van der Waals surface area (Å²) in [6.45, 7) is 2.99. The van der Waals surface area contributed by atoms with Gasteiger partial charge in [-0.3, -0.25) is 4.79 Å². The van der Waals surface area contributed by atoms with E-state index in [1.807, 2.05) is 11.1 Å².